The van der Waals surface area contributed by atoms with E-state index in [0.29, 0.717) is 0 Å². The van der Waals surface area contributed by atoms with Crippen LogP contribution in [0.25, 0.3) is 0 Å². The van der Waals surface area contributed by atoms with Crippen LogP contribution in [0.4, 0.5) is 5.69 Å². The Balaban J connectivity index is 3.15. The predicted molar refractivity (Wildman–Crippen MR) is 68.1 cm³/mol. The summed E-state index contributed by atoms with van der Waals surface area (Å²) in [5, 5.41) is 19.5. The Hall–Kier alpha value is -1.69. The van der Waals surface area contributed by atoms with Crippen LogP contribution in [-0.4, -0.2) is 19.9 Å². The smallest absolute Gasteiger partial charge is 0.258 e. The highest BCUT2D eigenvalue weighted by Gasteiger charge is 2.26. The fraction of sp³-hybridized carbons (Fsp3) is 0.300. The molecule has 0 aliphatic carbocycles. The number of benzene rings is 1. The highest BCUT2D eigenvalue weighted by atomic mass is 35.5. The highest BCUT2D eigenvalue weighted by Crippen LogP contribution is 2.26. The van der Waals surface area contributed by atoms with Crippen molar-refractivity contribution in [2.45, 2.75) is 11.8 Å². The summed E-state index contributed by atoms with van der Waals surface area (Å²) in [4.78, 5) is 9.51. The number of halogens is 1. The molecule has 19 heavy (non-hydrogen) atoms. The van der Waals surface area contributed by atoms with Gasteiger partial charge in [0.05, 0.1) is 16.9 Å². The van der Waals surface area contributed by atoms with Crippen molar-refractivity contribution in [1.29, 1.82) is 5.26 Å². The summed E-state index contributed by atoms with van der Waals surface area (Å²) in [5.41, 5.74) is -0.607. The van der Waals surface area contributed by atoms with Crippen LogP contribution in [0.3, 0.4) is 0 Å². The molecule has 1 aromatic rings. The SMILES string of the molecule is CC(C#N)CNS(=O)(=O)c1ccc(Cl)cc1[N+](=O)[O-]. The van der Waals surface area contributed by atoms with E-state index in [9.17, 15) is 18.5 Å². The van der Waals surface area contributed by atoms with Gasteiger partial charge in [0.15, 0.2) is 4.90 Å². The lowest BCUT2D eigenvalue weighted by Crippen LogP contribution is -2.28. The molecule has 1 aromatic carbocycles. The van der Waals surface area contributed by atoms with E-state index in [0.717, 1.165) is 12.1 Å². The quantitative estimate of drug-likeness (QED) is 0.656. The average molecular weight is 304 g/mol. The number of nitro groups is 1. The lowest BCUT2D eigenvalue weighted by atomic mass is 10.2. The fourth-order valence-corrected chi connectivity index (χ4v) is 2.67. The number of nitriles is 1. The molecule has 1 unspecified atom stereocenters. The number of nitrogens with one attached hydrogen (secondary N) is 1. The molecule has 0 saturated heterocycles. The van der Waals surface area contributed by atoms with Gasteiger partial charge in [-0.2, -0.15) is 5.26 Å². The second-order valence-electron chi connectivity index (χ2n) is 3.75. The minimum Gasteiger partial charge on any atom is -0.258 e. The van der Waals surface area contributed by atoms with Crippen LogP contribution >= 0.6 is 11.6 Å². The third kappa shape index (κ3) is 3.89. The maximum absolute atomic E-state index is 11.9. The van der Waals surface area contributed by atoms with Crippen LogP contribution in [0.5, 0.6) is 0 Å². The molecule has 0 spiro atoms. The first-order valence-corrected chi connectivity index (χ1v) is 6.97. The molecule has 0 radical (unpaired) electrons. The Morgan fingerprint density at radius 3 is 2.74 bits per heavy atom. The van der Waals surface area contributed by atoms with E-state index in [1.165, 1.54) is 13.0 Å². The Kier molecular flexibility index (Phi) is 4.83. The fourth-order valence-electron chi connectivity index (χ4n) is 1.22. The number of hydrogen-bond acceptors (Lipinski definition) is 5. The van der Waals surface area contributed by atoms with Crippen molar-refractivity contribution in [3.8, 4) is 6.07 Å². The third-order valence-corrected chi connectivity index (χ3v) is 3.91. The zero-order valence-electron chi connectivity index (χ0n) is 9.83. The van der Waals surface area contributed by atoms with Crippen LogP contribution in [0, 0.1) is 27.4 Å². The monoisotopic (exact) mass is 303 g/mol. The topological polar surface area (TPSA) is 113 Å². The number of rotatable bonds is 5. The van der Waals surface area contributed by atoms with Crippen LogP contribution in [0.2, 0.25) is 5.02 Å². The van der Waals surface area contributed by atoms with Gasteiger partial charge in [0, 0.05) is 17.6 Å². The molecule has 0 aromatic heterocycles. The Labute approximate surface area is 115 Å². The lowest BCUT2D eigenvalue weighted by Gasteiger charge is -2.08. The zero-order chi connectivity index (χ0) is 14.6. The summed E-state index contributed by atoms with van der Waals surface area (Å²) in [6.45, 7) is 1.40. The van der Waals surface area contributed by atoms with Gasteiger partial charge in [-0.15, -0.1) is 0 Å². The molecule has 1 atom stereocenters. The minimum absolute atomic E-state index is 0.0658. The molecule has 0 aliphatic rings. The first-order valence-electron chi connectivity index (χ1n) is 5.11. The minimum atomic E-state index is -4.06. The molecule has 0 fully saturated rings. The first-order chi connectivity index (χ1) is 8.77. The van der Waals surface area contributed by atoms with Crippen LogP contribution in [0.1, 0.15) is 6.92 Å². The van der Waals surface area contributed by atoms with Gasteiger partial charge in [-0.3, -0.25) is 10.1 Å². The van der Waals surface area contributed by atoms with Crippen molar-refractivity contribution in [3.05, 3.63) is 33.3 Å². The largest absolute Gasteiger partial charge is 0.290 e. The van der Waals surface area contributed by atoms with Crippen molar-refractivity contribution >= 4 is 27.3 Å². The summed E-state index contributed by atoms with van der Waals surface area (Å²) in [5.74, 6) is -0.541. The normalized spacial score (nSPS) is 12.7. The number of nitro benzene ring substituents is 1. The molecule has 7 nitrogen and oxygen atoms in total. The number of sulfonamides is 1. The second kappa shape index (κ2) is 5.97. The first kappa shape index (κ1) is 15.4. The molecule has 0 amide bonds. The van der Waals surface area contributed by atoms with Gasteiger partial charge in [-0.25, -0.2) is 13.1 Å². The van der Waals surface area contributed by atoms with Crippen molar-refractivity contribution in [3.63, 3.8) is 0 Å². The number of nitrogens with zero attached hydrogens (tertiary/aromatic N) is 2. The van der Waals surface area contributed by atoms with Gasteiger partial charge in [0.25, 0.3) is 5.69 Å². The van der Waals surface area contributed by atoms with Crippen molar-refractivity contribution in [2.24, 2.45) is 5.92 Å². The second-order valence-corrected chi connectivity index (χ2v) is 5.92. The Morgan fingerprint density at radius 2 is 2.21 bits per heavy atom. The summed E-state index contributed by atoms with van der Waals surface area (Å²) in [6.07, 6.45) is 0. The molecule has 1 rings (SSSR count). The van der Waals surface area contributed by atoms with Gasteiger partial charge >= 0.3 is 0 Å². The van der Waals surface area contributed by atoms with E-state index >= 15 is 0 Å². The van der Waals surface area contributed by atoms with Crippen LogP contribution in [-0.2, 0) is 10.0 Å². The highest BCUT2D eigenvalue weighted by molar-refractivity contribution is 7.89. The summed E-state index contributed by atoms with van der Waals surface area (Å²) < 4.78 is 26.0. The Bertz CT molecular complexity index is 639. The third-order valence-electron chi connectivity index (χ3n) is 2.21. The molecule has 1 N–H and O–H groups in total. The van der Waals surface area contributed by atoms with E-state index < -0.39 is 31.4 Å². The molecule has 0 heterocycles. The zero-order valence-corrected chi connectivity index (χ0v) is 11.4. The van der Waals surface area contributed by atoms with Crippen LogP contribution < -0.4 is 4.72 Å². The van der Waals surface area contributed by atoms with Crippen LogP contribution in [0.15, 0.2) is 23.1 Å². The molecule has 0 bridgehead atoms. The number of hydrogen-bond donors (Lipinski definition) is 1. The summed E-state index contributed by atoms with van der Waals surface area (Å²) >= 11 is 5.60. The summed E-state index contributed by atoms with van der Waals surface area (Å²) in [6, 6.07) is 5.12. The van der Waals surface area contributed by atoms with Gasteiger partial charge in [0.1, 0.15) is 0 Å². The molecule has 0 aliphatic heterocycles. The maximum atomic E-state index is 11.9. The lowest BCUT2D eigenvalue weighted by molar-refractivity contribution is -0.387. The maximum Gasteiger partial charge on any atom is 0.290 e. The average Bonchev–Trinajstić information content (AvgIpc) is 2.35. The van der Waals surface area contributed by atoms with E-state index in [1.54, 1.807) is 0 Å². The molecular weight excluding hydrogens is 294 g/mol. The van der Waals surface area contributed by atoms with E-state index in [4.69, 9.17) is 16.9 Å². The van der Waals surface area contributed by atoms with E-state index in [1.807, 2.05) is 6.07 Å². The van der Waals surface area contributed by atoms with Gasteiger partial charge in [-0.1, -0.05) is 11.6 Å². The van der Waals surface area contributed by atoms with E-state index in [2.05, 4.69) is 4.72 Å². The van der Waals surface area contributed by atoms with Crippen molar-refractivity contribution < 1.29 is 13.3 Å². The Morgan fingerprint density at radius 1 is 1.58 bits per heavy atom. The predicted octanol–water partition coefficient (Wildman–Crippen LogP) is 1.69. The van der Waals surface area contributed by atoms with Gasteiger partial charge in [0.2, 0.25) is 10.0 Å². The van der Waals surface area contributed by atoms with Crippen molar-refractivity contribution in [1.82, 2.24) is 4.72 Å². The van der Waals surface area contributed by atoms with Crippen molar-refractivity contribution in [2.75, 3.05) is 6.54 Å². The van der Waals surface area contributed by atoms with Gasteiger partial charge < -0.3 is 0 Å². The van der Waals surface area contributed by atoms with Gasteiger partial charge in [-0.05, 0) is 19.1 Å². The van der Waals surface area contributed by atoms with E-state index in [-0.39, 0.29) is 11.6 Å². The summed E-state index contributed by atoms with van der Waals surface area (Å²) in [7, 11) is -4.06. The molecule has 9 heteroatoms. The molecule has 0 saturated carbocycles. The standard InChI is InChI=1S/C10H10ClN3O4S/c1-7(5-12)6-13-19(17,18)10-3-2-8(11)4-9(10)14(15)16/h2-4,7,13H,6H2,1H3. The molecule has 102 valence electrons. The molecular formula is C10H10ClN3O4S.